The molecule has 2 amide bonds. The highest BCUT2D eigenvalue weighted by Gasteiger charge is 2.14. The van der Waals surface area contributed by atoms with Crippen LogP contribution in [0.3, 0.4) is 0 Å². The molecule has 6 nitrogen and oxygen atoms in total. The number of carboxylic acid groups (broad SMARTS) is 1. The standard InChI is InChI=1S/C17H25N3O3/c1-13(19-17(23)18-9-5-8-16(21)22)14-6-4-7-15(12-14)20-10-2-3-11-20/h4,6-7,12-13H,2-3,5,8-11H2,1H3,(H,21,22)(H2,18,19,23). The summed E-state index contributed by atoms with van der Waals surface area (Å²) in [7, 11) is 0. The van der Waals surface area contributed by atoms with E-state index in [2.05, 4.69) is 27.7 Å². The number of hydrogen-bond donors (Lipinski definition) is 3. The van der Waals surface area contributed by atoms with Gasteiger partial charge in [0.15, 0.2) is 0 Å². The summed E-state index contributed by atoms with van der Waals surface area (Å²) in [6.45, 7) is 4.49. The Bertz CT molecular complexity index is 542. The van der Waals surface area contributed by atoms with E-state index in [4.69, 9.17) is 5.11 Å². The van der Waals surface area contributed by atoms with Crippen LogP contribution >= 0.6 is 0 Å². The first kappa shape index (κ1) is 17.1. The highest BCUT2D eigenvalue weighted by molar-refractivity contribution is 5.74. The van der Waals surface area contributed by atoms with Crippen LogP contribution in [0.1, 0.15) is 44.2 Å². The van der Waals surface area contributed by atoms with E-state index in [-0.39, 0.29) is 18.5 Å². The zero-order valence-corrected chi connectivity index (χ0v) is 13.5. The smallest absolute Gasteiger partial charge is 0.315 e. The van der Waals surface area contributed by atoms with Gasteiger partial charge in [-0.2, -0.15) is 0 Å². The van der Waals surface area contributed by atoms with Crippen molar-refractivity contribution in [2.24, 2.45) is 0 Å². The van der Waals surface area contributed by atoms with E-state index in [0.717, 1.165) is 18.7 Å². The average Bonchev–Trinajstić information content (AvgIpc) is 3.06. The number of carboxylic acids is 1. The lowest BCUT2D eigenvalue weighted by molar-refractivity contribution is -0.137. The van der Waals surface area contributed by atoms with Crippen molar-refractivity contribution in [1.29, 1.82) is 0 Å². The van der Waals surface area contributed by atoms with Crippen LogP contribution in [0.25, 0.3) is 0 Å². The van der Waals surface area contributed by atoms with E-state index >= 15 is 0 Å². The molecule has 1 aliphatic rings. The van der Waals surface area contributed by atoms with Gasteiger partial charge in [-0.1, -0.05) is 12.1 Å². The molecule has 1 heterocycles. The molecule has 2 rings (SSSR count). The minimum absolute atomic E-state index is 0.0632. The molecule has 126 valence electrons. The normalized spacial score (nSPS) is 15.3. The average molecular weight is 319 g/mol. The number of carbonyl (C=O) groups is 2. The maximum absolute atomic E-state index is 11.8. The Kier molecular flexibility index (Phi) is 6.26. The molecule has 1 atom stereocenters. The summed E-state index contributed by atoms with van der Waals surface area (Å²) in [6.07, 6.45) is 2.96. The molecule has 3 N–H and O–H groups in total. The third kappa shape index (κ3) is 5.47. The first-order chi connectivity index (χ1) is 11.1. The third-order valence-corrected chi connectivity index (χ3v) is 4.04. The van der Waals surface area contributed by atoms with Crippen molar-refractivity contribution in [3.8, 4) is 0 Å². The predicted molar refractivity (Wildman–Crippen MR) is 89.7 cm³/mol. The van der Waals surface area contributed by atoms with Gasteiger partial charge in [0.2, 0.25) is 0 Å². The van der Waals surface area contributed by atoms with E-state index in [1.807, 2.05) is 19.1 Å². The number of aliphatic carboxylic acids is 1. The molecule has 0 radical (unpaired) electrons. The maximum Gasteiger partial charge on any atom is 0.315 e. The van der Waals surface area contributed by atoms with E-state index in [0.29, 0.717) is 13.0 Å². The number of carbonyl (C=O) groups excluding carboxylic acids is 1. The largest absolute Gasteiger partial charge is 0.481 e. The van der Waals surface area contributed by atoms with Crippen LogP contribution in [-0.2, 0) is 4.79 Å². The minimum Gasteiger partial charge on any atom is -0.481 e. The van der Waals surface area contributed by atoms with Gasteiger partial charge < -0.3 is 20.6 Å². The van der Waals surface area contributed by atoms with Gasteiger partial charge in [-0.25, -0.2) is 4.79 Å². The van der Waals surface area contributed by atoms with Gasteiger partial charge in [-0.3, -0.25) is 4.79 Å². The highest BCUT2D eigenvalue weighted by atomic mass is 16.4. The van der Waals surface area contributed by atoms with Crippen molar-refractivity contribution in [2.45, 2.75) is 38.6 Å². The molecule has 1 aliphatic heterocycles. The van der Waals surface area contributed by atoms with Crippen molar-refractivity contribution in [2.75, 3.05) is 24.5 Å². The lowest BCUT2D eigenvalue weighted by atomic mass is 10.1. The Hall–Kier alpha value is -2.24. The summed E-state index contributed by atoms with van der Waals surface area (Å²) in [6, 6.07) is 7.89. The van der Waals surface area contributed by atoms with E-state index < -0.39 is 5.97 Å². The van der Waals surface area contributed by atoms with Gasteiger partial charge in [-0.15, -0.1) is 0 Å². The summed E-state index contributed by atoms with van der Waals surface area (Å²) in [5.74, 6) is -0.848. The monoisotopic (exact) mass is 319 g/mol. The molecular formula is C17H25N3O3. The van der Waals surface area contributed by atoms with Crippen molar-refractivity contribution in [1.82, 2.24) is 10.6 Å². The van der Waals surface area contributed by atoms with Gasteiger partial charge in [0, 0.05) is 31.7 Å². The molecule has 1 unspecified atom stereocenters. The molecule has 23 heavy (non-hydrogen) atoms. The summed E-state index contributed by atoms with van der Waals surface area (Å²) in [4.78, 5) is 24.6. The highest BCUT2D eigenvalue weighted by Crippen LogP contribution is 2.23. The van der Waals surface area contributed by atoms with Crippen LogP contribution in [0.4, 0.5) is 10.5 Å². The molecule has 1 aromatic rings. The predicted octanol–water partition coefficient (Wildman–Crippen LogP) is 2.51. The molecule has 6 heteroatoms. The number of nitrogens with one attached hydrogen (secondary N) is 2. The van der Waals surface area contributed by atoms with Crippen molar-refractivity contribution in [3.05, 3.63) is 29.8 Å². The Morgan fingerprint density at radius 3 is 2.74 bits per heavy atom. The molecule has 0 saturated carbocycles. The summed E-state index contributed by atoms with van der Waals surface area (Å²) in [5.41, 5.74) is 2.27. The zero-order chi connectivity index (χ0) is 16.7. The molecule has 1 fully saturated rings. The molecule has 1 aromatic carbocycles. The third-order valence-electron chi connectivity index (χ3n) is 4.04. The van der Waals surface area contributed by atoms with E-state index in [9.17, 15) is 9.59 Å². The fourth-order valence-corrected chi connectivity index (χ4v) is 2.74. The number of rotatable bonds is 7. The second-order valence-electron chi connectivity index (χ2n) is 5.91. The van der Waals surface area contributed by atoms with Crippen molar-refractivity contribution in [3.63, 3.8) is 0 Å². The molecular weight excluding hydrogens is 294 g/mol. The van der Waals surface area contributed by atoms with Gasteiger partial charge >= 0.3 is 12.0 Å². The van der Waals surface area contributed by atoms with E-state index in [1.165, 1.54) is 18.5 Å². The lowest BCUT2D eigenvalue weighted by Gasteiger charge is -2.21. The second kappa shape index (κ2) is 8.41. The van der Waals surface area contributed by atoms with Crippen LogP contribution < -0.4 is 15.5 Å². The Morgan fingerprint density at radius 2 is 2.04 bits per heavy atom. The van der Waals surface area contributed by atoms with Crippen LogP contribution in [0.15, 0.2) is 24.3 Å². The van der Waals surface area contributed by atoms with Gasteiger partial charge in [0.05, 0.1) is 6.04 Å². The fourth-order valence-electron chi connectivity index (χ4n) is 2.74. The molecule has 0 aromatic heterocycles. The number of urea groups is 1. The SMILES string of the molecule is CC(NC(=O)NCCCC(=O)O)c1cccc(N2CCCC2)c1. The Balaban J connectivity index is 1.82. The van der Waals surface area contributed by atoms with Gasteiger partial charge in [0.1, 0.15) is 0 Å². The zero-order valence-electron chi connectivity index (χ0n) is 13.5. The maximum atomic E-state index is 11.8. The molecule has 1 saturated heterocycles. The van der Waals surface area contributed by atoms with Crippen molar-refractivity contribution < 1.29 is 14.7 Å². The van der Waals surface area contributed by atoms with Crippen molar-refractivity contribution >= 4 is 17.7 Å². The summed E-state index contributed by atoms with van der Waals surface area (Å²) in [5, 5.41) is 14.1. The first-order valence-electron chi connectivity index (χ1n) is 8.17. The molecule has 0 spiro atoms. The van der Waals surface area contributed by atoms with Crippen LogP contribution in [-0.4, -0.2) is 36.7 Å². The van der Waals surface area contributed by atoms with Crippen LogP contribution in [0, 0.1) is 0 Å². The minimum atomic E-state index is -0.848. The topological polar surface area (TPSA) is 81.7 Å². The van der Waals surface area contributed by atoms with Gasteiger partial charge in [-0.05, 0) is 43.9 Å². The molecule has 0 bridgehead atoms. The molecule has 0 aliphatic carbocycles. The number of anilines is 1. The van der Waals surface area contributed by atoms with Gasteiger partial charge in [0.25, 0.3) is 0 Å². The van der Waals surface area contributed by atoms with Crippen LogP contribution in [0.5, 0.6) is 0 Å². The quantitative estimate of drug-likeness (QED) is 0.675. The second-order valence-corrected chi connectivity index (χ2v) is 5.91. The Morgan fingerprint density at radius 1 is 1.30 bits per heavy atom. The Labute approximate surface area is 136 Å². The summed E-state index contributed by atoms with van der Waals surface area (Å²) >= 11 is 0. The number of benzene rings is 1. The number of amides is 2. The fraction of sp³-hybridized carbons (Fsp3) is 0.529. The first-order valence-corrected chi connectivity index (χ1v) is 8.17. The number of hydrogen-bond acceptors (Lipinski definition) is 3. The lowest BCUT2D eigenvalue weighted by Crippen LogP contribution is -2.37. The number of nitrogens with zero attached hydrogens (tertiary/aromatic N) is 1. The van der Waals surface area contributed by atoms with E-state index in [1.54, 1.807) is 0 Å². The summed E-state index contributed by atoms with van der Waals surface area (Å²) < 4.78 is 0. The van der Waals surface area contributed by atoms with Crippen LogP contribution in [0.2, 0.25) is 0 Å².